The highest BCUT2D eigenvalue weighted by atomic mass is 32.2. The smallest absolute Gasteiger partial charge is 0.269 e. The zero-order chi connectivity index (χ0) is 16.8. The minimum atomic E-state index is -0.470. The van der Waals surface area contributed by atoms with E-state index >= 15 is 0 Å². The van der Waals surface area contributed by atoms with E-state index < -0.39 is 4.92 Å². The summed E-state index contributed by atoms with van der Waals surface area (Å²) in [5, 5.41) is 21.9. The lowest BCUT2D eigenvalue weighted by Gasteiger charge is -1.97. The Labute approximate surface area is 141 Å². The molecule has 0 bridgehead atoms. The van der Waals surface area contributed by atoms with Gasteiger partial charge in [0.1, 0.15) is 0 Å². The van der Waals surface area contributed by atoms with Crippen LogP contribution in [0.5, 0.6) is 0 Å². The van der Waals surface area contributed by atoms with Gasteiger partial charge in [0.25, 0.3) is 5.69 Å². The molecule has 1 aromatic heterocycles. The monoisotopic (exact) mass is 350 g/mol. The van der Waals surface area contributed by atoms with Crippen LogP contribution in [-0.4, -0.2) is 26.3 Å². The van der Waals surface area contributed by atoms with E-state index in [1.54, 1.807) is 30.0 Å². The molecule has 0 saturated heterocycles. The summed E-state index contributed by atoms with van der Waals surface area (Å²) in [6.07, 6.45) is 2.92. The molecule has 0 radical (unpaired) electrons. The molecule has 2 aromatic rings. The summed E-state index contributed by atoms with van der Waals surface area (Å²) >= 11 is 2.90. The largest absolute Gasteiger partial charge is 0.297 e. The van der Waals surface area contributed by atoms with Gasteiger partial charge in [-0.3, -0.25) is 20.2 Å². The van der Waals surface area contributed by atoms with Gasteiger partial charge >= 0.3 is 0 Å². The number of benzene rings is 1. The standard InChI is InChI=1S/C14H14N4O3S2/c1-9(2)22-14-17-16-13(23-14)15-12(19)8-5-10-3-6-11(7-4-10)18(20)21/h3-9H,1-2H3,(H,15,16,19)/b8-5+. The SMILES string of the molecule is CC(C)Sc1nnc(NC(=O)/C=C/c2ccc([N+](=O)[O-])cc2)s1. The number of non-ortho nitro benzene ring substituents is 1. The van der Waals surface area contributed by atoms with Gasteiger partial charge in [-0.1, -0.05) is 36.9 Å². The van der Waals surface area contributed by atoms with E-state index in [-0.39, 0.29) is 11.6 Å². The van der Waals surface area contributed by atoms with E-state index in [1.807, 2.05) is 0 Å². The maximum Gasteiger partial charge on any atom is 0.269 e. The number of thioether (sulfide) groups is 1. The number of nitro groups is 1. The number of rotatable bonds is 6. The van der Waals surface area contributed by atoms with Crippen LogP contribution in [0.2, 0.25) is 0 Å². The number of nitrogens with zero attached hydrogens (tertiary/aromatic N) is 3. The minimum Gasteiger partial charge on any atom is -0.297 e. The number of nitro benzene ring substituents is 1. The Morgan fingerprint density at radius 1 is 1.35 bits per heavy atom. The van der Waals surface area contributed by atoms with Crippen LogP contribution in [0.1, 0.15) is 19.4 Å². The lowest BCUT2D eigenvalue weighted by atomic mass is 10.2. The van der Waals surface area contributed by atoms with Crippen molar-refractivity contribution in [3.05, 3.63) is 46.0 Å². The molecular weight excluding hydrogens is 336 g/mol. The van der Waals surface area contributed by atoms with E-state index in [0.29, 0.717) is 15.9 Å². The molecule has 0 aliphatic carbocycles. The third-order valence-corrected chi connectivity index (χ3v) is 4.43. The molecule has 1 amide bonds. The van der Waals surface area contributed by atoms with E-state index in [2.05, 4.69) is 29.4 Å². The van der Waals surface area contributed by atoms with Crippen molar-refractivity contribution in [2.24, 2.45) is 0 Å². The van der Waals surface area contributed by atoms with Gasteiger partial charge < -0.3 is 0 Å². The summed E-state index contributed by atoms with van der Waals surface area (Å²) in [4.78, 5) is 21.9. The third kappa shape index (κ3) is 5.46. The number of amides is 1. The Balaban J connectivity index is 1.93. The van der Waals surface area contributed by atoms with Gasteiger partial charge in [-0.25, -0.2) is 0 Å². The fourth-order valence-electron chi connectivity index (χ4n) is 1.54. The number of carbonyl (C=O) groups excluding carboxylic acids is 1. The Morgan fingerprint density at radius 3 is 2.65 bits per heavy atom. The molecule has 0 spiro atoms. The normalized spacial score (nSPS) is 11.1. The number of aromatic nitrogens is 2. The van der Waals surface area contributed by atoms with Crippen molar-refractivity contribution in [3.63, 3.8) is 0 Å². The van der Waals surface area contributed by atoms with Crippen LogP contribution in [0.3, 0.4) is 0 Å². The van der Waals surface area contributed by atoms with Crippen LogP contribution in [-0.2, 0) is 4.79 Å². The average molecular weight is 350 g/mol. The summed E-state index contributed by atoms with van der Waals surface area (Å²) in [5.74, 6) is -0.333. The van der Waals surface area contributed by atoms with Crippen LogP contribution in [0, 0.1) is 10.1 Å². The quantitative estimate of drug-likeness (QED) is 0.281. The summed E-state index contributed by atoms with van der Waals surface area (Å²) in [6.45, 7) is 4.11. The molecule has 1 heterocycles. The highest BCUT2D eigenvalue weighted by Crippen LogP contribution is 2.28. The first-order valence-corrected chi connectivity index (χ1v) is 8.37. The lowest BCUT2D eigenvalue weighted by Crippen LogP contribution is -2.07. The molecule has 2 rings (SSSR count). The second-order valence-corrected chi connectivity index (χ2v) is 7.51. The zero-order valence-corrected chi connectivity index (χ0v) is 14.1. The number of anilines is 1. The first-order valence-electron chi connectivity index (χ1n) is 6.67. The summed E-state index contributed by atoms with van der Waals surface area (Å²) in [6, 6.07) is 5.92. The van der Waals surface area contributed by atoms with E-state index in [1.165, 1.54) is 29.5 Å². The van der Waals surface area contributed by atoms with Crippen LogP contribution in [0.15, 0.2) is 34.7 Å². The van der Waals surface area contributed by atoms with E-state index in [9.17, 15) is 14.9 Å². The second-order valence-electron chi connectivity index (χ2n) is 4.71. The van der Waals surface area contributed by atoms with E-state index in [0.717, 1.165) is 4.34 Å². The molecule has 23 heavy (non-hydrogen) atoms. The van der Waals surface area contributed by atoms with Crippen molar-refractivity contribution in [2.75, 3.05) is 5.32 Å². The summed E-state index contributed by atoms with van der Waals surface area (Å²) < 4.78 is 0.801. The fraction of sp³-hybridized carbons (Fsp3) is 0.214. The first kappa shape index (κ1) is 17.1. The van der Waals surface area contributed by atoms with Gasteiger partial charge in [0.15, 0.2) is 4.34 Å². The Hall–Kier alpha value is -2.26. The Morgan fingerprint density at radius 2 is 2.04 bits per heavy atom. The molecule has 0 atom stereocenters. The Bertz CT molecular complexity index is 726. The molecule has 7 nitrogen and oxygen atoms in total. The Kier molecular flexibility index (Phi) is 5.83. The van der Waals surface area contributed by atoms with Crippen LogP contribution in [0.25, 0.3) is 6.08 Å². The van der Waals surface area contributed by atoms with Gasteiger partial charge in [-0.15, -0.1) is 10.2 Å². The van der Waals surface area contributed by atoms with Gasteiger partial charge in [0, 0.05) is 23.5 Å². The summed E-state index contributed by atoms with van der Waals surface area (Å²) in [5.41, 5.74) is 0.703. The van der Waals surface area contributed by atoms with Crippen molar-refractivity contribution >= 4 is 45.9 Å². The number of carbonyl (C=O) groups is 1. The molecule has 0 aliphatic rings. The molecule has 1 N–H and O–H groups in total. The zero-order valence-electron chi connectivity index (χ0n) is 12.4. The topological polar surface area (TPSA) is 98.0 Å². The molecule has 0 saturated carbocycles. The van der Waals surface area contributed by atoms with Gasteiger partial charge in [-0.05, 0) is 23.8 Å². The molecule has 0 fully saturated rings. The van der Waals surface area contributed by atoms with Crippen LogP contribution >= 0.6 is 23.1 Å². The van der Waals surface area contributed by atoms with Crippen LogP contribution in [0.4, 0.5) is 10.8 Å². The second kappa shape index (κ2) is 7.84. The van der Waals surface area contributed by atoms with Gasteiger partial charge in [0.05, 0.1) is 4.92 Å². The van der Waals surface area contributed by atoms with Gasteiger partial charge in [-0.2, -0.15) is 0 Å². The van der Waals surface area contributed by atoms with E-state index in [4.69, 9.17) is 0 Å². The maximum atomic E-state index is 11.8. The predicted molar refractivity (Wildman–Crippen MR) is 91.7 cm³/mol. The summed E-state index contributed by atoms with van der Waals surface area (Å²) in [7, 11) is 0. The van der Waals surface area contributed by atoms with Crippen molar-refractivity contribution in [2.45, 2.75) is 23.4 Å². The highest BCUT2D eigenvalue weighted by Gasteiger charge is 2.08. The average Bonchev–Trinajstić information content (AvgIpc) is 2.91. The highest BCUT2D eigenvalue weighted by molar-refractivity contribution is 8.01. The number of hydrogen-bond donors (Lipinski definition) is 1. The van der Waals surface area contributed by atoms with Crippen molar-refractivity contribution in [1.82, 2.24) is 10.2 Å². The van der Waals surface area contributed by atoms with Gasteiger partial charge in [0.2, 0.25) is 11.0 Å². The maximum absolute atomic E-state index is 11.8. The molecule has 0 unspecified atom stereocenters. The fourth-order valence-corrected chi connectivity index (χ4v) is 3.51. The van der Waals surface area contributed by atoms with Crippen molar-refractivity contribution in [3.8, 4) is 0 Å². The van der Waals surface area contributed by atoms with Crippen molar-refractivity contribution in [1.29, 1.82) is 0 Å². The number of hydrogen-bond acceptors (Lipinski definition) is 7. The van der Waals surface area contributed by atoms with Crippen molar-refractivity contribution < 1.29 is 9.72 Å². The molecule has 120 valence electrons. The third-order valence-electron chi connectivity index (χ3n) is 2.50. The minimum absolute atomic E-state index is 0.00985. The molecule has 1 aromatic carbocycles. The predicted octanol–water partition coefficient (Wildman–Crippen LogP) is 3.60. The molecule has 0 aliphatic heterocycles. The first-order chi connectivity index (χ1) is 10.9. The van der Waals surface area contributed by atoms with Crippen LogP contribution < -0.4 is 5.32 Å². The number of nitrogens with one attached hydrogen (secondary N) is 1. The lowest BCUT2D eigenvalue weighted by molar-refractivity contribution is -0.384. The molecule has 9 heteroatoms. The molecular formula is C14H14N4O3S2.